The number of carboxylic acid groups (broad SMARTS) is 1. The zero-order chi connectivity index (χ0) is 23.3. The van der Waals surface area contributed by atoms with E-state index < -0.39 is 11.9 Å². The van der Waals surface area contributed by atoms with Crippen LogP contribution in [0.3, 0.4) is 0 Å². The van der Waals surface area contributed by atoms with Crippen molar-refractivity contribution in [2.24, 2.45) is 5.92 Å². The van der Waals surface area contributed by atoms with Gasteiger partial charge in [0.15, 0.2) is 5.69 Å². The van der Waals surface area contributed by atoms with E-state index in [-0.39, 0.29) is 11.4 Å². The fraction of sp³-hybridized carbons (Fsp3) is 0.320. The highest BCUT2D eigenvalue weighted by Gasteiger charge is 2.23. The molecule has 1 amide bonds. The summed E-state index contributed by atoms with van der Waals surface area (Å²) in [5.41, 5.74) is 3.64. The number of anilines is 1. The molecule has 2 aromatic carbocycles. The third kappa shape index (κ3) is 5.82. The third-order valence-corrected chi connectivity index (χ3v) is 5.06. The molecule has 0 saturated carbocycles. The van der Waals surface area contributed by atoms with E-state index in [0.717, 1.165) is 16.8 Å². The molecule has 0 spiro atoms. The van der Waals surface area contributed by atoms with Gasteiger partial charge in [-0.25, -0.2) is 0 Å². The van der Waals surface area contributed by atoms with Gasteiger partial charge in [-0.05, 0) is 50.1 Å². The first kappa shape index (κ1) is 23.2. The average molecular weight is 435 g/mol. The molecule has 32 heavy (non-hydrogen) atoms. The maximum atomic E-state index is 12.9. The smallest absolute Gasteiger partial charge is 0.307 e. The molecule has 1 unspecified atom stereocenters. The molecule has 0 aliphatic heterocycles. The van der Waals surface area contributed by atoms with Crippen molar-refractivity contribution in [3.05, 3.63) is 71.9 Å². The number of hydrogen-bond acceptors (Lipinski definition) is 4. The van der Waals surface area contributed by atoms with Gasteiger partial charge in [-0.1, -0.05) is 49.4 Å². The second-order valence-electron chi connectivity index (χ2n) is 8.88. The Kier molecular flexibility index (Phi) is 7.10. The number of nitrogens with one attached hydrogen (secondary N) is 2. The number of aromatic nitrogens is 2. The summed E-state index contributed by atoms with van der Waals surface area (Å²) in [5, 5.41) is 19.6. The maximum Gasteiger partial charge on any atom is 0.307 e. The van der Waals surface area contributed by atoms with Crippen LogP contribution in [-0.2, 0) is 16.9 Å². The first-order valence-corrected chi connectivity index (χ1v) is 10.6. The Balaban J connectivity index is 1.69. The maximum absolute atomic E-state index is 12.9. The van der Waals surface area contributed by atoms with Crippen LogP contribution in [0, 0.1) is 5.92 Å². The standard InChI is InChI=1S/C25H30N4O3/c1-17(24(31)32)15-26-16-18-10-12-20(13-11-18)27-23(30)21-14-22(19-8-6-5-7-9-19)29(28-21)25(2,3)4/h5-14,17,26H,15-16H2,1-4H3,(H,27,30)(H,31,32). The Bertz CT molecular complexity index is 1070. The van der Waals surface area contributed by atoms with Crippen LogP contribution in [0.4, 0.5) is 5.69 Å². The van der Waals surface area contributed by atoms with Gasteiger partial charge < -0.3 is 15.7 Å². The number of aliphatic carboxylic acids is 1. The molecule has 168 valence electrons. The van der Waals surface area contributed by atoms with Gasteiger partial charge in [0.25, 0.3) is 5.91 Å². The largest absolute Gasteiger partial charge is 0.481 e. The number of hydrogen-bond donors (Lipinski definition) is 3. The molecule has 0 aliphatic rings. The van der Waals surface area contributed by atoms with Crippen LogP contribution in [0.2, 0.25) is 0 Å². The molecular formula is C25H30N4O3. The van der Waals surface area contributed by atoms with Crippen molar-refractivity contribution in [1.29, 1.82) is 0 Å². The highest BCUT2D eigenvalue weighted by Crippen LogP contribution is 2.27. The lowest BCUT2D eigenvalue weighted by Crippen LogP contribution is -2.25. The number of benzene rings is 2. The molecule has 3 rings (SSSR count). The Morgan fingerprint density at radius 2 is 1.72 bits per heavy atom. The van der Waals surface area contributed by atoms with Crippen LogP contribution in [0.25, 0.3) is 11.3 Å². The molecule has 3 aromatic rings. The zero-order valence-electron chi connectivity index (χ0n) is 18.9. The van der Waals surface area contributed by atoms with Gasteiger partial charge >= 0.3 is 5.97 Å². The summed E-state index contributed by atoms with van der Waals surface area (Å²) in [5.74, 6) is -1.53. The van der Waals surface area contributed by atoms with Crippen molar-refractivity contribution < 1.29 is 14.7 Å². The quantitative estimate of drug-likeness (QED) is 0.489. The summed E-state index contributed by atoms with van der Waals surface area (Å²) in [6.45, 7) is 8.78. The summed E-state index contributed by atoms with van der Waals surface area (Å²) in [4.78, 5) is 23.8. The van der Waals surface area contributed by atoms with Gasteiger partial charge in [-0.3, -0.25) is 14.3 Å². The molecule has 0 saturated heterocycles. The number of rotatable bonds is 8. The highest BCUT2D eigenvalue weighted by molar-refractivity contribution is 6.03. The number of carboxylic acids is 1. The first-order valence-electron chi connectivity index (χ1n) is 10.6. The predicted octanol–water partition coefficient (Wildman–Crippen LogP) is 4.37. The average Bonchev–Trinajstić information content (AvgIpc) is 3.22. The number of nitrogens with zero attached hydrogens (tertiary/aromatic N) is 2. The summed E-state index contributed by atoms with van der Waals surface area (Å²) in [7, 11) is 0. The minimum Gasteiger partial charge on any atom is -0.481 e. The molecule has 1 atom stereocenters. The second-order valence-corrected chi connectivity index (χ2v) is 8.88. The minimum atomic E-state index is -0.820. The van der Waals surface area contributed by atoms with E-state index in [1.54, 1.807) is 6.92 Å². The minimum absolute atomic E-state index is 0.272. The Morgan fingerprint density at radius 1 is 1.06 bits per heavy atom. The SMILES string of the molecule is CC(CNCc1ccc(NC(=O)c2cc(-c3ccccc3)n(C(C)(C)C)n2)cc1)C(=O)O. The summed E-state index contributed by atoms with van der Waals surface area (Å²) in [6.07, 6.45) is 0. The molecule has 1 heterocycles. The van der Waals surface area contributed by atoms with E-state index in [1.165, 1.54) is 0 Å². The van der Waals surface area contributed by atoms with E-state index in [4.69, 9.17) is 5.11 Å². The molecule has 1 aromatic heterocycles. The van der Waals surface area contributed by atoms with E-state index in [9.17, 15) is 9.59 Å². The predicted molar refractivity (Wildman–Crippen MR) is 126 cm³/mol. The molecule has 0 bridgehead atoms. The van der Waals surface area contributed by atoms with Crippen molar-refractivity contribution >= 4 is 17.6 Å². The van der Waals surface area contributed by atoms with Gasteiger partial charge in [0.1, 0.15) is 0 Å². The van der Waals surface area contributed by atoms with Crippen molar-refractivity contribution in [3.63, 3.8) is 0 Å². The van der Waals surface area contributed by atoms with Crippen LogP contribution in [0.5, 0.6) is 0 Å². The fourth-order valence-electron chi connectivity index (χ4n) is 3.24. The number of carbonyl (C=O) groups is 2. The normalized spacial score (nSPS) is 12.4. The Labute approximate surface area is 188 Å². The zero-order valence-corrected chi connectivity index (χ0v) is 18.9. The van der Waals surface area contributed by atoms with E-state index in [2.05, 4.69) is 36.5 Å². The van der Waals surface area contributed by atoms with Gasteiger partial charge in [0, 0.05) is 18.8 Å². The van der Waals surface area contributed by atoms with Crippen LogP contribution >= 0.6 is 0 Å². The molecule has 0 fully saturated rings. The molecule has 3 N–H and O–H groups in total. The first-order chi connectivity index (χ1) is 15.1. The number of amides is 1. The van der Waals surface area contributed by atoms with E-state index >= 15 is 0 Å². The van der Waals surface area contributed by atoms with E-state index in [1.807, 2.05) is 65.3 Å². The molecule has 7 heteroatoms. The topological polar surface area (TPSA) is 96.2 Å². The van der Waals surface area contributed by atoms with Crippen molar-refractivity contribution in [2.75, 3.05) is 11.9 Å². The molecule has 0 aliphatic carbocycles. The monoisotopic (exact) mass is 434 g/mol. The molecular weight excluding hydrogens is 404 g/mol. The molecule has 0 radical (unpaired) electrons. The third-order valence-electron chi connectivity index (χ3n) is 5.06. The van der Waals surface area contributed by atoms with Crippen LogP contribution in [0.15, 0.2) is 60.7 Å². The van der Waals surface area contributed by atoms with E-state index in [0.29, 0.717) is 24.5 Å². The van der Waals surface area contributed by atoms with Gasteiger partial charge in [0.05, 0.1) is 17.2 Å². The Morgan fingerprint density at radius 3 is 2.31 bits per heavy atom. The van der Waals surface area contributed by atoms with Crippen molar-refractivity contribution in [2.45, 2.75) is 39.8 Å². The lowest BCUT2D eigenvalue weighted by atomic mass is 10.1. The van der Waals surface area contributed by atoms with Crippen LogP contribution in [-0.4, -0.2) is 33.3 Å². The van der Waals surface area contributed by atoms with Gasteiger partial charge in [-0.2, -0.15) is 5.10 Å². The second kappa shape index (κ2) is 9.78. The highest BCUT2D eigenvalue weighted by atomic mass is 16.4. The summed E-state index contributed by atoms with van der Waals surface area (Å²) < 4.78 is 1.88. The van der Waals surface area contributed by atoms with Crippen LogP contribution < -0.4 is 10.6 Å². The Hall–Kier alpha value is -3.45. The lowest BCUT2D eigenvalue weighted by molar-refractivity contribution is -0.140. The summed E-state index contributed by atoms with van der Waals surface area (Å²) in [6, 6.07) is 19.2. The fourth-order valence-corrected chi connectivity index (χ4v) is 3.24. The van der Waals surface area contributed by atoms with Gasteiger partial charge in [-0.15, -0.1) is 0 Å². The number of carbonyl (C=O) groups excluding carboxylic acids is 1. The summed E-state index contributed by atoms with van der Waals surface area (Å²) >= 11 is 0. The lowest BCUT2D eigenvalue weighted by Gasteiger charge is -2.22. The van der Waals surface area contributed by atoms with Crippen molar-refractivity contribution in [1.82, 2.24) is 15.1 Å². The van der Waals surface area contributed by atoms with Crippen molar-refractivity contribution in [3.8, 4) is 11.3 Å². The van der Waals surface area contributed by atoms with Crippen LogP contribution in [0.1, 0.15) is 43.7 Å². The van der Waals surface area contributed by atoms with Gasteiger partial charge in [0.2, 0.25) is 0 Å². The molecule has 7 nitrogen and oxygen atoms in total.